The number of rotatable bonds is 0. The van der Waals surface area contributed by atoms with Crippen molar-refractivity contribution in [1.82, 2.24) is 4.98 Å². The van der Waals surface area contributed by atoms with E-state index in [0.717, 1.165) is 15.4 Å². The number of para-hydroxylation sites is 1. The van der Waals surface area contributed by atoms with E-state index in [9.17, 15) is 0 Å². The fraction of sp³-hybridized carbons (Fsp3) is 0. The predicted molar refractivity (Wildman–Crippen MR) is 49.1 cm³/mol. The second kappa shape index (κ2) is 2.47. The SMILES string of the molecule is S=c1cc[nH]c2ccccc12. The molecular weight excluding hydrogens is 154 g/mol. The van der Waals surface area contributed by atoms with Crippen molar-refractivity contribution in [2.24, 2.45) is 0 Å². The van der Waals surface area contributed by atoms with E-state index in [1.54, 1.807) is 0 Å². The minimum atomic E-state index is 0.902. The first kappa shape index (κ1) is 6.55. The van der Waals surface area contributed by atoms with E-state index in [1.165, 1.54) is 0 Å². The van der Waals surface area contributed by atoms with Crippen LogP contribution in [0.15, 0.2) is 36.5 Å². The van der Waals surface area contributed by atoms with E-state index in [1.807, 2.05) is 36.5 Å². The molecule has 1 aromatic heterocycles. The Kier molecular flexibility index (Phi) is 1.47. The summed E-state index contributed by atoms with van der Waals surface area (Å²) in [6.07, 6.45) is 1.87. The fourth-order valence-corrected chi connectivity index (χ4v) is 1.37. The van der Waals surface area contributed by atoms with Gasteiger partial charge < -0.3 is 4.98 Å². The molecule has 0 bridgehead atoms. The average molecular weight is 161 g/mol. The van der Waals surface area contributed by atoms with Gasteiger partial charge in [0.15, 0.2) is 0 Å². The normalized spacial score (nSPS) is 10.2. The van der Waals surface area contributed by atoms with Gasteiger partial charge in [0.1, 0.15) is 0 Å². The molecule has 0 radical (unpaired) electrons. The van der Waals surface area contributed by atoms with Gasteiger partial charge in [-0.15, -0.1) is 0 Å². The Morgan fingerprint density at radius 3 is 2.73 bits per heavy atom. The highest BCUT2D eigenvalue weighted by molar-refractivity contribution is 7.71. The molecule has 2 aromatic rings. The van der Waals surface area contributed by atoms with E-state index in [2.05, 4.69) is 4.98 Å². The topological polar surface area (TPSA) is 15.8 Å². The highest BCUT2D eigenvalue weighted by Gasteiger charge is 1.89. The Morgan fingerprint density at radius 2 is 1.91 bits per heavy atom. The lowest BCUT2D eigenvalue weighted by atomic mass is 10.2. The highest BCUT2D eigenvalue weighted by Crippen LogP contribution is 2.10. The first-order chi connectivity index (χ1) is 5.38. The molecule has 0 saturated heterocycles. The van der Waals surface area contributed by atoms with E-state index >= 15 is 0 Å². The molecular formula is C9H7NS. The van der Waals surface area contributed by atoms with Crippen LogP contribution >= 0.6 is 12.2 Å². The van der Waals surface area contributed by atoms with Gasteiger partial charge in [-0.1, -0.05) is 30.4 Å². The quantitative estimate of drug-likeness (QED) is 0.587. The summed E-state index contributed by atoms with van der Waals surface area (Å²) >= 11 is 5.13. The number of hydrogen-bond acceptors (Lipinski definition) is 1. The van der Waals surface area contributed by atoms with Crippen molar-refractivity contribution in [3.05, 3.63) is 41.0 Å². The number of fused-ring (bicyclic) bond motifs is 1. The molecule has 0 unspecified atom stereocenters. The van der Waals surface area contributed by atoms with Gasteiger partial charge in [-0.05, 0) is 12.1 Å². The molecule has 0 aliphatic carbocycles. The standard InChI is InChI=1S/C9H7NS/c11-9-5-6-10-8-4-2-1-3-7(8)9/h1-6H,(H,10,11). The smallest absolute Gasteiger partial charge is 0.0484 e. The maximum absolute atomic E-state index is 5.13. The molecule has 1 nitrogen and oxygen atoms in total. The lowest BCUT2D eigenvalue weighted by Crippen LogP contribution is -1.76. The van der Waals surface area contributed by atoms with E-state index in [0.29, 0.717) is 0 Å². The molecule has 0 amide bonds. The van der Waals surface area contributed by atoms with Crippen molar-refractivity contribution in [2.75, 3.05) is 0 Å². The molecule has 54 valence electrons. The van der Waals surface area contributed by atoms with Crippen molar-refractivity contribution in [3.8, 4) is 0 Å². The first-order valence-electron chi connectivity index (χ1n) is 3.44. The zero-order valence-electron chi connectivity index (χ0n) is 5.87. The average Bonchev–Trinajstić information content (AvgIpc) is 2.06. The second-order valence-corrected chi connectivity index (χ2v) is 2.83. The van der Waals surface area contributed by atoms with Gasteiger partial charge in [0.05, 0.1) is 0 Å². The molecule has 0 saturated carbocycles. The second-order valence-electron chi connectivity index (χ2n) is 2.39. The van der Waals surface area contributed by atoms with Crippen LogP contribution in [-0.2, 0) is 0 Å². The number of benzene rings is 1. The van der Waals surface area contributed by atoms with Crippen LogP contribution in [0.25, 0.3) is 10.9 Å². The van der Waals surface area contributed by atoms with Crippen LogP contribution in [0, 0.1) is 4.51 Å². The van der Waals surface area contributed by atoms with Crippen molar-refractivity contribution in [3.63, 3.8) is 0 Å². The third-order valence-corrected chi connectivity index (χ3v) is 2.02. The largest absolute Gasteiger partial charge is 0.361 e. The van der Waals surface area contributed by atoms with Crippen LogP contribution in [-0.4, -0.2) is 4.98 Å². The van der Waals surface area contributed by atoms with Crippen LogP contribution < -0.4 is 0 Å². The Hall–Kier alpha value is -1.15. The Labute approximate surface area is 69.7 Å². The summed E-state index contributed by atoms with van der Waals surface area (Å²) in [4.78, 5) is 3.12. The van der Waals surface area contributed by atoms with Crippen LogP contribution in [0.2, 0.25) is 0 Å². The van der Waals surface area contributed by atoms with Crippen LogP contribution in [0.3, 0.4) is 0 Å². The molecule has 0 spiro atoms. The molecule has 1 heterocycles. The van der Waals surface area contributed by atoms with Gasteiger partial charge in [0.2, 0.25) is 0 Å². The maximum atomic E-state index is 5.13. The van der Waals surface area contributed by atoms with E-state index in [-0.39, 0.29) is 0 Å². The zero-order chi connectivity index (χ0) is 7.68. The van der Waals surface area contributed by atoms with Crippen LogP contribution in [0.1, 0.15) is 0 Å². The molecule has 0 fully saturated rings. The third kappa shape index (κ3) is 1.05. The van der Waals surface area contributed by atoms with Gasteiger partial charge in [-0.25, -0.2) is 0 Å². The number of nitrogens with one attached hydrogen (secondary N) is 1. The maximum Gasteiger partial charge on any atom is 0.0484 e. The molecule has 1 aromatic carbocycles. The first-order valence-corrected chi connectivity index (χ1v) is 3.85. The van der Waals surface area contributed by atoms with Crippen molar-refractivity contribution < 1.29 is 0 Å². The van der Waals surface area contributed by atoms with Crippen molar-refractivity contribution in [1.29, 1.82) is 0 Å². The number of hydrogen-bond donors (Lipinski definition) is 1. The van der Waals surface area contributed by atoms with Crippen molar-refractivity contribution in [2.45, 2.75) is 0 Å². The number of H-pyrrole nitrogens is 1. The summed E-state index contributed by atoms with van der Waals surface area (Å²) in [6, 6.07) is 9.93. The molecule has 0 aliphatic heterocycles. The highest BCUT2D eigenvalue weighted by atomic mass is 32.1. The van der Waals surface area contributed by atoms with Crippen LogP contribution in [0.4, 0.5) is 0 Å². The van der Waals surface area contributed by atoms with Crippen LogP contribution in [0.5, 0.6) is 0 Å². The predicted octanol–water partition coefficient (Wildman–Crippen LogP) is 2.90. The molecule has 0 aliphatic rings. The fourth-order valence-electron chi connectivity index (χ4n) is 1.12. The van der Waals surface area contributed by atoms with Gasteiger partial charge >= 0.3 is 0 Å². The monoisotopic (exact) mass is 161 g/mol. The van der Waals surface area contributed by atoms with Gasteiger partial charge in [0, 0.05) is 21.6 Å². The lowest BCUT2D eigenvalue weighted by molar-refractivity contribution is 1.41. The van der Waals surface area contributed by atoms with E-state index < -0.39 is 0 Å². The Balaban J connectivity index is 3.03. The number of aromatic nitrogens is 1. The summed E-state index contributed by atoms with van der Waals surface area (Å²) in [5.41, 5.74) is 1.10. The minimum absolute atomic E-state index is 0.902. The van der Waals surface area contributed by atoms with Gasteiger partial charge in [0.25, 0.3) is 0 Å². The third-order valence-electron chi connectivity index (χ3n) is 1.67. The Bertz CT molecular complexity index is 425. The summed E-state index contributed by atoms with van der Waals surface area (Å²) in [5.74, 6) is 0. The number of pyridine rings is 1. The lowest BCUT2D eigenvalue weighted by Gasteiger charge is -1.94. The molecule has 2 heteroatoms. The summed E-state index contributed by atoms with van der Waals surface area (Å²) in [6.45, 7) is 0. The minimum Gasteiger partial charge on any atom is -0.361 e. The molecule has 0 atom stereocenters. The van der Waals surface area contributed by atoms with Gasteiger partial charge in [-0.3, -0.25) is 0 Å². The van der Waals surface area contributed by atoms with Gasteiger partial charge in [-0.2, -0.15) is 0 Å². The van der Waals surface area contributed by atoms with Crippen molar-refractivity contribution >= 4 is 23.1 Å². The zero-order valence-corrected chi connectivity index (χ0v) is 6.69. The summed E-state index contributed by atoms with van der Waals surface area (Å²) in [7, 11) is 0. The Morgan fingerprint density at radius 1 is 1.09 bits per heavy atom. The summed E-state index contributed by atoms with van der Waals surface area (Å²) in [5, 5.41) is 1.12. The molecule has 1 N–H and O–H groups in total. The molecule has 2 rings (SSSR count). The van der Waals surface area contributed by atoms with E-state index in [4.69, 9.17) is 12.2 Å². The molecule has 11 heavy (non-hydrogen) atoms. The number of aromatic amines is 1. The summed E-state index contributed by atoms with van der Waals surface area (Å²) < 4.78 is 0.902.